The molecule has 2 rings (SSSR count). The Balaban J connectivity index is 2.01. The molecule has 2 amide bonds. The Morgan fingerprint density at radius 2 is 2.44 bits per heavy atom. The number of carbonyl (C=O) groups is 1. The summed E-state index contributed by atoms with van der Waals surface area (Å²) in [5.41, 5.74) is 0. The molecule has 50 valence electrons. The molecular weight excluding hydrogens is 116 g/mol. The van der Waals surface area contributed by atoms with Gasteiger partial charge in [0.15, 0.2) is 0 Å². The minimum absolute atomic E-state index is 0.125. The van der Waals surface area contributed by atoms with Crippen molar-refractivity contribution in [3.8, 4) is 0 Å². The molecule has 2 saturated heterocycles. The van der Waals surface area contributed by atoms with E-state index < -0.39 is 0 Å². The number of nitrogens with zero attached hydrogens (tertiary/aromatic N) is 1. The molecule has 0 aromatic carbocycles. The van der Waals surface area contributed by atoms with Gasteiger partial charge in [-0.3, -0.25) is 0 Å². The standard InChI is InChI=1S/C6H10N2O/c9-6-7-5-3-1-2-4-8(5)6/h5H,1-4H2,(H,7,9). The summed E-state index contributed by atoms with van der Waals surface area (Å²) in [6.45, 7) is 0.969. The van der Waals surface area contributed by atoms with Crippen LogP contribution in [-0.4, -0.2) is 23.6 Å². The molecule has 1 unspecified atom stereocenters. The van der Waals surface area contributed by atoms with Gasteiger partial charge < -0.3 is 10.2 Å². The zero-order valence-corrected chi connectivity index (χ0v) is 5.26. The second-order valence-electron chi connectivity index (χ2n) is 2.65. The van der Waals surface area contributed by atoms with Crippen molar-refractivity contribution < 1.29 is 4.79 Å². The number of piperidine rings is 1. The molecule has 3 heteroatoms. The summed E-state index contributed by atoms with van der Waals surface area (Å²) in [6.07, 6.45) is 3.99. The van der Waals surface area contributed by atoms with Crippen molar-refractivity contribution in [1.82, 2.24) is 10.2 Å². The number of nitrogens with one attached hydrogen (secondary N) is 1. The fourth-order valence-electron chi connectivity index (χ4n) is 1.48. The summed E-state index contributed by atoms with van der Waals surface area (Å²) in [5.74, 6) is 0. The zero-order valence-electron chi connectivity index (χ0n) is 5.26. The number of amides is 2. The highest BCUT2D eigenvalue weighted by molar-refractivity contribution is 5.80. The highest BCUT2D eigenvalue weighted by atomic mass is 16.2. The Hall–Kier alpha value is -0.730. The van der Waals surface area contributed by atoms with Gasteiger partial charge in [-0.05, 0) is 19.3 Å². The topological polar surface area (TPSA) is 32.3 Å². The second-order valence-corrected chi connectivity index (χ2v) is 2.65. The first-order chi connectivity index (χ1) is 4.38. The summed E-state index contributed by atoms with van der Waals surface area (Å²) in [5, 5.41) is 2.83. The molecular formula is C6H10N2O. The van der Waals surface area contributed by atoms with Gasteiger partial charge in [0.1, 0.15) is 6.17 Å². The van der Waals surface area contributed by atoms with Crippen LogP contribution in [0.4, 0.5) is 4.79 Å². The van der Waals surface area contributed by atoms with Crippen molar-refractivity contribution in [2.24, 2.45) is 0 Å². The molecule has 9 heavy (non-hydrogen) atoms. The van der Waals surface area contributed by atoms with Crippen LogP contribution in [0.1, 0.15) is 19.3 Å². The van der Waals surface area contributed by atoms with E-state index >= 15 is 0 Å². The Morgan fingerprint density at radius 3 is 3.00 bits per heavy atom. The highest BCUT2D eigenvalue weighted by Crippen LogP contribution is 2.20. The van der Waals surface area contributed by atoms with Crippen LogP contribution >= 0.6 is 0 Å². The molecule has 0 aliphatic carbocycles. The molecule has 0 radical (unpaired) electrons. The third-order valence-corrected chi connectivity index (χ3v) is 2.05. The van der Waals surface area contributed by atoms with Crippen LogP contribution in [0.2, 0.25) is 0 Å². The van der Waals surface area contributed by atoms with Gasteiger partial charge >= 0.3 is 6.03 Å². The van der Waals surface area contributed by atoms with E-state index in [1.54, 1.807) is 0 Å². The van der Waals surface area contributed by atoms with Gasteiger partial charge in [-0.2, -0.15) is 0 Å². The first-order valence-electron chi connectivity index (χ1n) is 3.45. The SMILES string of the molecule is O=C1NC2CCCCN12. The van der Waals surface area contributed by atoms with Crippen molar-refractivity contribution in [1.29, 1.82) is 0 Å². The molecule has 0 aromatic rings. The lowest BCUT2D eigenvalue weighted by atomic mass is 10.1. The predicted octanol–water partition coefficient (Wildman–Crippen LogP) is 0.522. The van der Waals surface area contributed by atoms with Crippen LogP contribution in [0, 0.1) is 0 Å². The monoisotopic (exact) mass is 126 g/mol. The summed E-state index contributed by atoms with van der Waals surface area (Å²) in [7, 11) is 0. The molecule has 0 spiro atoms. The van der Waals surface area contributed by atoms with Crippen LogP contribution in [0.15, 0.2) is 0 Å². The van der Waals surface area contributed by atoms with Crippen molar-refractivity contribution in [3.05, 3.63) is 0 Å². The Morgan fingerprint density at radius 1 is 1.56 bits per heavy atom. The number of carbonyl (C=O) groups excluding carboxylic acids is 1. The Bertz CT molecular complexity index is 146. The van der Waals surface area contributed by atoms with E-state index in [9.17, 15) is 4.79 Å². The van der Waals surface area contributed by atoms with E-state index in [0.717, 1.165) is 13.0 Å². The fourth-order valence-corrected chi connectivity index (χ4v) is 1.48. The van der Waals surface area contributed by atoms with Crippen molar-refractivity contribution in [2.45, 2.75) is 25.4 Å². The average molecular weight is 126 g/mol. The van der Waals surface area contributed by atoms with Gasteiger partial charge in [0.2, 0.25) is 0 Å². The molecule has 1 N–H and O–H groups in total. The highest BCUT2D eigenvalue weighted by Gasteiger charge is 2.36. The quantitative estimate of drug-likeness (QED) is 0.504. The minimum Gasteiger partial charge on any atom is -0.317 e. The van der Waals surface area contributed by atoms with E-state index in [1.165, 1.54) is 12.8 Å². The molecule has 3 nitrogen and oxygen atoms in total. The van der Waals surface area contributed by atoms with E-state index in [-0.39, 0.29) is 6.03 Å². The zero-order chi connectivity index (χ0) is 6.27. The molecule has 2 fully saturated rings. The first kappa shape index (κ1) is 5.09. The molecule has 0 bridgehead atoms. The van der Waals surface area contributed by atoms with E-state index in [0.29, 0.717) is 6.17 Å². The van der Waals surface area contributed by atoms with Gasteiger partial charge in [0.25, 0.3) is 0 Å². The third-order valence-electron chi connectivity index (χ3n) is 2.05. The van der Waals surface area contributed by atoms with Crippen LogP contribution in [0.5, 0.6) is 0 Å². The Labute approximate surface area is 54.0 Å². The number of rotatable bonds is 0. The molecule has 0 saturated carbocycles. The van der Waals surface area contributed by atoms with Gasteiger partial charge in [0.05, 0.1) is 0 Å². The van der Waals surface area contributed by atoms with E-state index in [2.05, 4.69) is 5.32 Å². The lowest BCUT2D eigenvalue weighted by Crippen LogP contribution is -2.66. The molecule has 2 heterocycles. The smallest absolute Gasteiger partial charge is 0.317 e. The maximum atomic E-state index is 10.7. The van der Waals surface area contributed by atoms with Gasteiger partial charge in [-0.15, -0.1) is 0 Å². The van der Waals surface area contributed by atoms with Crippen LogP contribution < -0.4 is 5.32 Å². The number of urea groups is 1. The maximum absolute atomic E-state index is 10.7. The molecule has 0 aromatic heterocycles. The number of hydrogen-bond acceptors (Lipinski definition) is 1. The number of hydrogen-bond donors (Lipinski definition) is 1. The summed E-state index contributed by atoms with van der Waals surface area (Å²) in [6, 6.07) is 0.125. The number of fused-ring (bicyclic) bond motifs is 1. The maximum Gasteiger partial charge on any atom is 0.320 e. The minimum atomic E-state index is 0.125. The second kappa shape index (κ2) is 1.62. The lowest BCUT2D eigenvalue weighted by molar-refractivity contribution is 0.0801. The lowest BCUT2D eigenvalue weighted by Gasteiger charge is -2.44. The van der Waals surface area contributed by atoms with Crippen LogP contribution in [0.25, 0.3) is 0 Å². The van der Waals surface area contributed by atoms with Crippen molar-refractivity contribution >= 4 is 6.03 Å². The Kier molecular flexibility index (Phi) is 0.917. The predicted molar refractivity (Wildman–Crippen MR) is 32.9 cm³/mol. The van der Waals surface area contributed by atoms with Crippen LogP contribution in [-0.2, 0) is 0 Å². The largest absolute Gasteiger partial charge is 0.320 e. The van der Waals surface area contributed by atoms with Crippen molar-refractivity contribution in [3.63, 3.8) is 0 Å². The van der Waals surface area contributed by atoms with E-state index in [1.807, 2.05) is 4.90 Å². The van der Waals surface area contributed by atoms with Crippen molar-refractivity contribution in [2.75, 3.05) is 6.54 Å². The third kappa shape index (κ3) is 0.605. The first-order valence-corrected chi connectivity index (χ1v) is 3.45. The van der Waals surface area contributed by atoms with E-state index in [4.69, 9.17) is 0 Å². The molecule has 1 atom stereocenters. The normalized spacial score (nSPS) is 32.7. The molecule has 2 aliphatic heterocycles. The van der Waals surface area contributed by atoms with Crippen LogP contribution in [0.3, 0.4) is 0 Å². The molecule has 2 aliphatic rings. The van der Waals surface area contributed by atoms with Gasteiger partial charge in [-0.25, -0.2) is 4.79 Å². The van der Waals surface area contributed by atoms with Gasteiger partial charge in [0, 0.05) is 6.54 Å². The summed E-state index contributed by atoms with van der Waals surface area (Å²) >= 11 is 0. The summed E-state index contributed by atoms with van der Waals surface area (Å²) < 4.78 is 0. The van der Waals surface area contributed by atoms with Gasteiger partial charge in [-0.1, -0.05) is 0 Å². The average Bonchev–Trinajstić information content (AvgIpc) is 1.86. The fraction of sp³-hybridized carbons (Fsp3) is 0.833. The summed E-state index contributed by atoms with van der Waals surface area (Å²) in [4.78, 5) is 12.6.